The van der Waals surface area contributed by atoms with Gasteiger partial charge in [-0.3, -0.25) is 4.98 Å². The van der Waals surface area contributed by atoms with Gasteiger partial charge in [-0.2, -0.15) is 0 Å². The summed E-state index contributed by atoms with van der Waals surface area (Å²) >= 11 is 3.44. The maximum Gasteiger partial charge on any atom is 0.147 e. The molecule has 1 aromatic carbocycles. The first-order chi connectivity index (χ1) is 15.1. The van der Waals surface area contributed by atoms with Crippen LogP contribution in [0.25, 0.3) is 21.9 Å². The molecule has 0 unspecified atom stereocenters. The van der Waals surface area contributed by atoms with Gasteiger partial charge in [-0.05, 0) is 60.0 Å². The van der Waals surface area contributed by atoms with Gasteiger partial charge in [-0.1, -0.05) is 0 Å². The minimum Gasteiger partial charge on any atom is -0.491 e. The molecule has 0 bridgehead atoms. The number of aryl methyl sites for hydroxylation is 1. The van der Waals surface area contributed by atoms with Gasteiger partial charge in [0.1, 0.15) is 35.9 Å². The molecular weight excluding hydrogens is 462 g/mol. The quantitative estimate of drug-likeness (QED) is 0.449. The Hall–Kier alpha value is -2.75. The molecule has 0 spiro atoms. The van der Waals surface area contributed by atoms with Crippen LogP contribution in [0.4, 0.5) is 5.82 Å². The third kappa shape index (κ3) is 4.48. The predicted octanol–water partition coefficient (Wildman–Crippen LogP) is 4.00. The molecule has 1 aliphatic heterocycles. The summed E-state index contributed by atoms with van der Waals surface area (Å²) in [5, 5.41) is 8.93. The number of pyridine rings is 1. The van der Waals surface area contributed by atoms with Gasteiger partial charge >= 0.3 is 0 Å². The molecule has 2 atom stereocenters. The molecule has 9 heteroatoms. The molecule has 4 aromatic rings. The van der Waals surface area contributed by atoms with Crippen molar-refractivity contribution < 1.29 is 14.6 Å². The van der Waals surface area contributed by atoms with Crippen molar-refractivity contribution in [2.75, 3.05) is 19.5 Å². The first kappa shape index (κ1) is 21.5. The minimum absolute atomic E-state index is 0.0197. The summed E-state index contributed by atoms with van der Waals surface area (Å²) in [4.78, 5) is 13.2. The monoisotopic (exact) mass is 485 g/mol. The smallest absolute Gasteiger partial charge is 0.147 e. The zero-order valence-electron chi connectivity index (χ0n) is 17.3. The number of fused-ring (bicyclic) bond motifs is 2. The molecule has 1 fully saturated rings. The Balaban J connectivity index is 0.00000112. The van der Waals surface area contributed by atoms with Crippen molar-refractivity contribution in [1.29, 1.82) is 0 Å². The van der Waals surface area contributed by atoms with Crippen LogP contribution in [0.5, 0.6) is 5.75 Å². The number of aliphatic hydroxyl groups excluding tert-OH is 1. The van der Waals surface area contributed by atoms with E-state index in [2.05, 4.69) is 30.9 Å². The summed E-state index contributed by atoms with van der Waals surface area (Å²) in [5.74, 6) is 1.95. The first-order valence-corrected chi connectivity index (χ1v) is 10.7. The fraction of sp³-hybridized carbons (Fsp3) is 0.318. The first-order valence-electron chi connectivity index (χ1n) is 9.96. The third-order valence-corrected chi connectivity index (χ3v) is 5.60. The lowest BCUT2D eigenvalue weighted by molar-refractivity contribution is -0.0156. The molecule has 0 radical (unpaired) electrons. The number of nitrogens with two attached hydrogens (primary N) is 1. The fourth-order valence-corrected chi connectivity index (χ4v) is 4.12. The topological polar surface area (TPSA) is 108 Å². The number of aliphatic hydroxyl groups is 1. The van der Waals surface area contributed by atoms with Crippen molar-refractivity contribution in [3.8, 4) is 5.75 Å². The van der Waals surface area contributed by atoms with Crippen molar-refractivity contribution in [1.82, 2.24) is 19.5 Å². The second-order valence-corrected chi connectivity index (χ2v) is 8.14. The molecule has 31 heavy (non-hydrogen) atoms. The molecule has 162 valence electrons. The molecule has 0 saturated carbocycles. The van der Waals surface area contributed by atoms with Crippen LogP contribution >= 0.6 is 15.9 Å². The SMILES string of the molecule is CO.Cc1nc(N)c2ccn([C@H]3CC[C@@H](COc4ccc5cc(Br)cnc5c4)O3)c2n1. The van der Waals surface area contributed by atoms with Gasteiger partial charge in [0.05, 0.1) is 17.0 Å². The Kier molecular flexibility index (Phi) is 6.35. The van der Waals surface area contributed by atoms with Gasteiger partial charge in [0.25, 0.3) is 0 Å². The maximum atomic E-state index is 7.00. The number of rotatable bonds is 4. The Morgan fingerprint density at radius 2 is 2.06 bits per heavy atom. The zero-order valence-corrected chi connectivity index (χ0v) is 18.9. The van der Waals surface area contributed by atoms with E-state index in [1.165, 1.54) is 0 Å². The molecule has 1 saturated heterocycles. The van der Waals surface area contributed by atoms with E-state index < -0.39 is 0 Å². The van der Waals surface area contributed by atoms with E-state index in [4.69, 9.17) is 20.3 Å². The highest BCUT2D eigenvalue weighted by Gasteiger charge is 2.28. The highest BCUT2D eigenvalue weighted by molar-refractivity contribution is 9.10. The number of aromatic nitrogens is 4. The number of hydrogen-bond donors (Lipinski definition) is 2. The number of anilines is 1. The van der Waals surface area contributed by atoms with Crippen LogP contribution in [-0.4, -0.2) is 44.4 Å². The van der Waals surface area contributed by atoms with E-state index in [0.717, 1.165) is 52.1 Å². The number of nitrogens with zero attached hydrogens (tertiary/aromatic N) is 4. The Bertz CT molecular complexity index is 1210. The van der Waals surface area contributed by atoms with Crippen molar-refractivity contribution in [3.63, 3.8) is 0 Å². The van der Waals surface area contributed by atoms with Crippen LogP contribution in [-0.2, 0) is 4.74 Å². The van der Waals surface area contributed by atoms with Crippen LogP contribution in [0.1, 0.15) is 24.9 Å². The maximum absolute atomic E-state index is 7.00. The van der Waals surface area contributed by atoms with Crippen LogP contribution < -0.4 is 10.5 Å². The molecule has 3 aromatic heterocycles. The molecule has 8 nitrogen and oxygen atoms in total. The number of nitrogen functional groups attached to an aromatic ring is 1. The zero-order chi connectivity index (χ0) is 22.0. The average Bonchev–Trinajstić information content (AvgIpc) is 3.40. The van der Waals surface area contributed by atoms with Gasteiger partial charge in [0.15, 0.2) is 0 Å². The average molecular weight is 486 g/mol. The largest absolute Gasteiger partial charge is 0.491 e. The summed E-state index contributed by atoms with van der Waals surface area (Å²) < 4.78 is 15.2. The lowest BCUT2D eigenvalue weighted by Crippen LogP contribution is -2.18. The van der Waals surface area contributed by atoms with E-state index in [0.29, 0.717) is 18.2 Å². The summed E-state index contributed by atoms with van der Waals surface area (Å²) in [5.41, 5.74) is 7.74. The van der Waals surface area contributed by atoms with Gasteiger partial charge in [0, 0.05) is 35.4 Å². The van der Waals surface area contributed by atoms with Crippen molar-refractivity contribution >= 4 is 43.7 Å². The van der Waals surface area contributed by atoms with Gasteiger partial charge < -0.3 is 24.9 Å². The summed E-state index contributed by atoms with van der Waals surface area (Å²) in [6, 6.07) is 9.91. The lowest BCUT2D eigenvalue weighted by atomic mass is 10.2. The lowest BCUT2D eigenvalue weighted by Gasteiger charge is -2.17. The molecule has 5 rings (SSSR count). The van der Waals surface area contributed by atoms with E-state index in [9.17, 15) is 0 Å². The summed E-state index contributed by atoms with van der Waals surface area (Å²) in [7, 11) is 1.00. The van der Waals surface area contributed by atoms with Gasteiger partial charge in [-0.25, -0.2) is 9.97 Å². The molecule has 4 heterocycles. The number of ether oxygens (including phenoxy) is 2. The van der Waals surface area contributed by atoms with Crippen molar-refractivity contribution in [3.05, 3.63) is 53.0 Å². The molecule has 0 aliphatic carbocycles. The normalized spacial score (nSPS) is 18.2. The second-order valence-electron chi connectivity index (χ2n) is 7.23. The summed E-state index contributed by atoms with van der Waals surface area (Å²) in [6.45, 7) is 2.34. The van der Waals surface area contributed by atoms with Crippen LogP contribution in [0.15, 0.2) is 47.2 Å². The van der Waals surface area contributed by atoms with Crippen molar-refractivity contribution in [2.45, 2.75) is 32.1 Å². The minimum atomic E-state index is -0.0783. The van der Waals surface area contributed by atoms with Crippen LogP contribution in [0, 0.1) is 6.92 Å². The fourth-order valence-electron chi connectivity index (χ4n) is 3.77. The van der Waals surface area contributed by atoms with E-state index in [-0.39, 0.29) is 12.3 Å². The standard InChI is InChI=1S/C21H20BrN5O2.CH4O/c1-12-25-20(23)17-6-7-27(21(17)26-12)19-5-4-16(29-19)11-28-15-3-2-13-8-14(22)10-24-18(13)9-15;1-2/h2-3,6-10,16,19H,4-5,11H2,1H3,(H2,23,25,26);2H,1H3/t16-,19+;/m0./s1. The highest BCUT2D eigenvalue weighted by Crippen LogP contribution is 2.32. The summed E-state index contributed by atoms with van der Waals surface area (Å²) in [6.07, 6.45) is 5.51. The molecule has 0 amide bonds. The highest BCUT2D eigenvalue weighted by atomic mass is 79.9. The van der Waals surface area contributed by atoms with Gasteiger partial charge in [0.2, 0.25) is 0 Å². The van der Waals surface area contributed by atoms with E-state index in [1.807, 2.05) is 48.0 Å². The van der Waals surface area contributed by atoms with E-state index in [1.54, 1.807) is 6.20 Å². The number of hydrogen-bond acceptors (Lipinski definition) is 7. The molecular formula is C22H24BrN5O3. The van der Waals surface area contributed by atoms with E-state index >= 15 is 0 Å². The van der Waals surface area contributed by atoms with Crippen molar-refractivity contribution in [2.24, 2.45) is 0 Å². The van der Waals surface area contributed by atoms with Gasteiger partial charge in [-0.15, -0.1) is 0 Å². The van der Waals surface area contributed by atoms with Crippen LogP contribution in [0.2, 0.25) is 0 Å². The second kappa shape index (κ2) is 9.17. The Labute approximate surface area is 188 Å². The van der Waals surface area contributed by atoms with Crippen LogP contribution in [0.3, 0.4) is 0 Å². The Morgan fingerprint density at radius 3 is 2.90 bits per heavy atom. The molecule has 1 aliphatic rings. The predicted molar refractivity (Wildman–Crippen MR) is 123 cm³/mol. The molecule has 3 N–H and O–H groups in total. The number of benzene rings is 1. The Morgan fingerprint density at radius 1 is 1.23 bits per heavy atom. The third-order valence-electron chi connectivity index (χ3n) is 5.17. The number of halogens is 1.